The molecular formula is C10H19NO. The molecule has 1 saturated carbocycles. The molecule has 0 spiro atoms. The molecule has 0 aromatic rings. The fraction of sp³-hybridized carbons (Fsp3) is 1.00. The zero-order valence-electron chi connectivity index (χ0n) is 8.31. The minimum absolute atomic E-state index is 0.0260. The lowest BCUT2D eigenvalue weighted by Gasteiger charge is -2.40. The zero-order valence-corrected chi connectivity index (χ0v) is 8.31. The molecule has 0 aromatic carbocycles. The molecule has 1 aliphatic heterocycles. The molecule has 1 atom stereocenters. The maximum absolute atomic E-state index is 6.03. The summed E-state index contributed by atoms with van der Waals surface area (Å²) in [7, 11) is 0. The van der Waals surface area contributed by atoms with Gasteiger partial charge >= 0.3 is 0 Å². The molecule has 2 nitrogen and oxygen atoms in total. The summed E-state index contributed by atoms with van der Waals surface area (Å²) in [5.74, 6) is 0.749. The van der Waals surface area contributed by atoms with Gasteiger partial charge in [-0.3, -0.25) is 5.32 Å². The topological polar surface area (TPSA) is 21.3 Å². The quantitative estimate of drug-likeness (QED) is 0.647. The summed E-state index contributed by atoms with van der Waals surface area (Å²) in [6.45, 7) is 7.50. The van der Waals surface area contributed by atoms with Gasteiger partial charge in [-0.1, -0.05) is 6.42 Å². The number of rotatable bonds is 1. The van der Waals surface area contributed by atoms with E-state index in [0.717, 1.165) is 12.5 Å². The molecule has 1 aliphatic carbocycles. The van der Waals surface area contributed by atoms with Crippen LogP contribution in [0.5, 0.6) is 0 Å². The molecule has 2 fully saturated rings. The molecule has 12 heavy (non-hydrogen) atoms. The molecule has 1 saturated heterocycles. The van der Waals surface area contributed by atoms with Crippen LogP contribution in [0.4, 0.5) is 0 Å². The van der Waals surface area contributed by atoms with E-state index in [9.17, 15) is 0 Å². The van der Waals surface area contributed by atoms with Gasteiger partial charge in [0.25, 0.3) is 0 Å². The second-order valence-corrected chi connectivity index (χ2v) is 4.95. The zero-order chi connectivity index (χ0) is 8.82. The van der Waals surface area contributed by atoms with Crippen LogP contribution < -0.4 is 5.32 Å². The highest BCUT2D eigenvalue weighted by molar-refractivity contribution is 4.96. The van der Waals surface area contributed by atoms with Gasteiger partial charge in [-0.25, -0.2) is 0 Å². The van der Waals surface area contributed by atoms with Crippen LogP contribution in [-0.4, -0.2) is 17.9 Å². The highest BCUT2D eigenvalue weighted by Crippen LogP contribution is 2.41. The first kappa shape index (κ1) is 8.52. The van der Waals surface area contributed by atoms with Crippen molar-refractivity contribution < 1.29 is 4.74 Å². The average Bonchev–Trinajstić information content (AvgIpc) is 2.01. The van der Waals surface area contributed by atoms with Crippen molar-refractivity contribution >= 4 is 0 Å². The maximum Gasteiger partial charge on any atom is 0.120 e. The fourth-order valence-corrected chi connectivity index (χ4v) is 2.22. The molecule has 0 radical (unpaired) electrons. The SMILES string of the molecule is CC1(C)CNC(C)(C2CCC2)O1. The summed E-state index contributed by atoms with van der Waals surface area (Å²) >= 11 is 0. The largest absolute Gasteiger partial charge is 0.353 e. The molecule has 1 unspecified atom stereocenters. The Morgan fingerprint density at radius 1 is 1.25 bits per heavy atom. The van der Waals surface area contributed by atoms with Gasteiger partial charge in [-0.05, 0) is 33.6 Å². The summed E-state index contributed by atoms with van der Waals surface area (Å²) in [6.07, 6.45) is 4.05. The second-order valence-electron chi connectivity index (χ2n) is 4.95. The van der Waals surface area contributed by atoms with Gasteiger partial charge in [-0.15, -0.1) is 0 Å². The summed E-state index contributed by atoms with van der Waals surface area (Å²) in [6, 6.07) is 0. The maximum atomic E-state index is 6.03. The Labute approximate surface area is 74.7 Å². The van der Waals surface area contributed by atoms with Gasteiger partial charge in [0, 0.05) is 12.5 Å². The number of nitrogens with one attached hydrogen (secondary N) is 1. The molecule has 1 N–H and O–H groups in total. The van der Waals surface area contributed by atoms with E-state index in [1.807, 2.05) is 0 Å². The lowest BCUT2D eigenvalue weighted by atomic mass is 9.78. The summed E-state index contributed by atoms with van der Waals surface area (Å²) in [5.41, 5.74) is 0.00604. The van der Waals surface area contributed by atoms with Crippen molar-refractivity contribution in [2.75, 3.05) is 6.54 Å². The van der Waals surface area contributed by atoms with Crippen LogP contribution in [0, 0.1) is 5.92 Å². The first-order chi connectivity index (χ1) is 5.52. The minimum Gasteiger partial charge on any atom is -0.353 e. The van der Waals surface area contributed by atoms with E-state index in [2.05, 4.69) is 26.1 Å². The normalized spacial score (nSPS) is 41.2. The highest BCUT2D eigenvalue weighted by Gasteiger charge is 2.47. The average molecular weight is 169 g/mol. The van der Waals surface area contributed by atoms with Gasteiger partial charge in [0.2, 0.25) is 0 Å². The molecule has 70 valence electrons. The third-order valence-corrected chi connectivity index (χ3v) is 3.24. The Hall–Kier alpha value is -0.0800. The van der Waals surface area contributed by atoms with Gasteiger partial charge in [0.05, 0.1) is 5.60 Å². The van der Waals surface area contributed by atoms with Crippen LogP contribution >= 0.6 is 0 Å². The predicted molar refractivity (Wildman–Crippen MR) is 48.9 cm³/mol. The van der Waals surface area contributed by atoms with Crippen LogP contribution in [-0.2, 0) is 4.74 Å². The molecule has 2 rings (SSSR count). The summed E-state index contributed by atoms with van der Waals surface area (Å²) in [5, 5.41) is 3.50. The lowest BCUT2D eigenvalue weighted by molar-refractivity contribution is -0.129. The monoisotopic (exact) mass is 169 g/mol. The van der Waals surface area contributed by atoms with Crippen molar-refractivity contribution in [1.82, 2.24) is 5.32 Å². The van der Waals surface area contributed by atoms with Crippen molar-refractivity contribution in [3.05, 3.63) is 0 Å². The molecule has 0 aromatic heterocycles. The van der Waals surface area contributed by atoms with E-state index in [4.69, 9.17) is 4.74 Å². The molecule has 2 heteroatoms. The van der Waals surface area contributed by atoms with Crippen molar-refractivity contribution in [2.24, 2.45) is 5.92 Å². The number of hydrogen-bond donors (Lipinski definition) is 1. The molecule has 0 amide bonds. The van der Waals surface area contributed by atoms with Crippen molar-refractivity contribution in [1.29, 1.82) is 0 Å². The van der Waals surface area contributed by atoms with E-state index in [1.54, 1.807) is 0 Å². The molecular weight excluding hydrogens is 150 g/mol. The predicted octanol–water partition coefficient (Wildman–Crippen LogP) is 1.90. The van der Waals surface area contributed by atoms with Gasteiger partial charge < -0.3 is 4.74 Å². The summed E-state index contributed by atoms with van der Waals surface area (Å²) in [4.78, 5) is 0. The Balaban J connectivity index is 2.03. The Morgan fingerprint density at radius 3 is 2.25 bits per heavy atom. The number of ether oxygens (including phenoxy) is 1. The minimum atomic E-state index is -0.0260. The molecule has 1 heterocycles. The Morgan fingerprint density at radius 2 is 1.92 bits per heavy atom. The highest BCUT2D eigenvalue weighted by atomic mass is 16.5. The summed E-state index contributed by atoms with van der Waals surface area (Å²) < 4.78 is 6.03. The first-order valence-corrected chi connectivity index (χ1v) is 4.97. The van der Waals surface area contributed by atoms with Crippen LogP contribution in [0.15, 0.2) is 0 Å². The van der Waals surface area contributed by atoms with Crippen LogP contribution in [0.25, 0.3) is 0 Å². The fourth-order valence-electron chi connectivity index (χ4n) is 2.22. The third kappa shape index (κ3) is 1.27. The Kier molecular flexibility index (Phi) is 1.74. The van der Waals surface area contributed by atoms with E-state index < -0.39 is 0 Å². The van der Waals surface area contributed by atoms with E-state index >= 15 is 0 Å². The molecule has 0 bridgehead atoms. The first-order valence-electron chi connectivity index (χ1n) is 4.97. The van der Waals surface area contributed by atoms with Crippen LogP contribution in [0.3, 0.4) is 0 Å². The third-order valence-electron chi connectivity index (χ3n) is 3.24. The van der Waals surface area contributed by atoms with E-state index in [1.165, 1.54) is 19.3 Å². The van der Waals surface area contributed by atoms with Crippen LogP contribution in [0.1, 0.15) is 40.0 Å². The van der Waals surface area contributed by atoms with Crippen molar-refractivity contribution in [3.63, 3.8) is 0 Å². The van der Waals surface area contributed by atoms with Gasteiger partial charge in [0.15, 0.2) is 0 Å². The smallest absolute Gasteiger partial charge is 0.120 e. The number of hydrogen-bond acceptors (Lipinski definition) is 2. The lowest BCUT2D eigenvalue weighted by Crippen LogP contribution is -2.48. The van der Waals surface area contributed by atoms with Gasteiger partial charge in [0.1, 0.15) is 5.72 Å². The van der Waals surface area contributed by atoms with Crippen LogP contribution in [0.2, 0.25) is 0 Å². The molecule has 2 aliphatic rings. The Bertz CT molecular complexity index is 186. The van der Waals surface area contributed by atoms with E-state index in [0.29, 0.717) is 0 Å². The van der Waals surface area contributed by atoms with E-state index in [-0.39, 0.29) is 11.3 Å². The van der Waals surface area contributed by atoms with Crippen molar-refractivity contribution in [3.8, 4) is 0 Å². The van der Waals surface area contributed by atoms with Gasteiger partial charge in [-0.2, -0.15) is 0 Å². The standard InChI is InChI=1S/C10H19NO/c1-9(2)7-11-10(3,12-9)8-5-4-6-8/h8,11H,4-7H2,1-3H3. The second kappa shape index (κ2) is 2.46. The van der Waals surface area contributed by atoms with Crippen molar-refractivity contribution in [2.45, 2.75) is 51.4 Å².